The average molecular weight is 502 g/mol. The average Bonchev–Trinajstić information content (AvgIpc) is 3.41. The second-order valence-electron chi connectivity index (χ2n) is 8.87. The third-order valence-electron chi connectivity index (χ3n) is 7.00. The second kappa shape index (κ2) is 11.0. The summed E-state index contributed by atoms with van der Waals surface area (Å²) in [6.07, 6.45) is 0. The van der Waals surface area contributed by atoms with Gasteiger partial charge in [-0.2, -0.15) is 0 Å². The third-order valence-corrected chi connectivity index (χ3v) is 21.4. The first-order valence-electron chi connectivity index (χ1n) is 11.9. The van der Waals surface area contributed by atoms with Gasteiger partial charge in [0.2, 0.25) is 0 Å². The Morgan fingerprint density at radius 1 is 0.471 bits per heavy atom. The summed E-state index contributed by atoms with van der Waals surface area (Å²) < 4.78 is 1.29. The normalized spacial score (nSPS) is 13.0. The zero-order valence-electron chi connectivity index (χ0n) is 20.4. The Bertz CT molecular complexity index is 1080. The zero-order chi connectivity index (χ0) is 24.2. The van der Waals surface area contributed by atoms with Gasteiger partial charge in [0.25, 0.3) is 0 Å². The van der Waals surface area contributed by atoms with E-state index < -0.39 is 23.8 Å². The molecule has 0 amide bonds. The molecular formula is C30H33O2SiTi. The van der Waals surface area contributed by atoms with Crippen molar-refractivity contribution in [1.29, 1.82) is 0 Å². The van der Waals surface area contributed by atoms with Crippen molar-refractivity contribution < 1.29 is 27.3 Å². The van der Waals surface area contributed by atoms with E-state index in [4.69, 9.17) is 10.2 Å². The molecule has 0 saturated heterocycles. The summed E-state index contributed by atoms with van der Waals surface area (Å²) in [6.45, 7) is 4.39. The molecule has 4 heteroatoms. The van der Waals surface area contributed by atoms with Crippen LogP contribution in [0.15, 0.2) is 97.1 Å². The maximum absolute atomic E-state index is 7.00. The second-order valence-corrected chi connectivity index (χ2v) is 22.7. The Hall–Kier alpha value is -2.27. The van der Waals surface area contributed by atoms with E-state index >= 15 is 0 Å². The molecule has 0 fully saturated rings. The molecule has 0 unspecified atom stereocenters. The van der Waals surface area contributed by atoms with Crippen LogP contribution in [0.5, 0.6) is 0 Å². The van der Waals surface area contributed by atoms with Crippen LogP contribution < -0.4 is 0 Å². The molecule has 6 rings (SSSR count). The first-order chi connectivity index (χ1) is 16.8. The fourth-order valence-corrected chi connectivity index (χ4v) is 20.7. The molecule has 4 aromatic carbocycles. The summed E-state index contributed by atoms with van der Waals surface area (Å²) in [5.74, 6) is 0. The van der Waals surface area contributed by atoms with Crippen LogP contribution in [0.3, 0.4) is 0 Å². The summed E-state index contributed by atoms with van der Waals surface area (Å²) in [6, 6.07) is 37.0. The fourth-order valence-electron chi connectivity index (χ4n) is 5.86. The molecule has 2 nitrogen and oxygen atoms in total. The minimum atomic E-state index is -1.59. The number of fused-ring (bicyclic) bond motifs is 6. The van der Waals surface area contributed by atoms with Crippen LogP contribution in [-0.2, 0) is 17.1 Å². The van der Waals surface area contributed by atoms with Gasteiger partial charge in [-0.25, -0.2) is 0 Å². The van der Waals surface area contributed by atoms with Gasteiger partial charge in [0, 0.05) is 14.2 Å². The van der Waals surface area contributed by atoms with Gasteiger partial charge in [-0.15, -0.1) is 0 Å². The van der Waals surface area contributed by atoms with Crippen molar-refractivity contribution in [3.05, 3.63) is 119 Å². The van der Waals surface area contributed by atoms with Crippen LogP contribution in [-0.4, -0.2) is 31.1 Å². The van der Waals surface area contributed by atoms with Crippen molar-refractivity contribution in [2.24, 2.45) is 0 Å². The van der Waals surface area contributed by atoms with Crippen molar-refractivity contribution in [1.82, 2.24) is 0 Å². The van der Waals surface area contributed by atoms with Gasteiger partial charge < -0.3 is 10.2 Å². The van der Waals surface area contributed by atoms with Gasteiger partial charge in [0.05, 0.1) is 0 Å². The molecule has 0 radical (unpaired) electrons. The van der Waals surface area contributed by atoms with E-state index in [0.29, 0.717) is 8.45 Å². The van der Waals surface area contributed by atoms with Crippen molar-refractivity contribution >= 4 is 6.66 Å². The molecule has 2 aliphatic rings. The summed E-state index contributed by atoms with van der Waals surface area (Å²) in [7, 11) is 2.00. The van der Waals surface area contributed by atoms with E-state index in [2.05, 4.69) is 110 Å². The van der Waals surface area contributed by atoms with Crippen molar-refractivity contribution in [3.63, 3.8) is 0 Å². The topological polar surface area (TPSA) is 40.5 Å². The third kappa shape index (κ3) is 4.06. The van der Waals surface area contributed by atoms with E-state index in [1.165, 1.54) is 22.3 Å². The molecule has 0 heterocycles. The van der Waals surface area contributed by atoms with Gasteiger partial charge in [-0.05, 0) is 0 Å². The molecule has 0 aliphatic heterocycles. The number of hydrogen-bond donors (Lipinski definition) is 2. The Morgan fingerprint density at radius 2 is 0.706 bits per heavy atom. The summed E-state index contributed by atoms with van der Waals surface area (Å²) >= 11 is -1.59. The van der Waals surface area contributed by atoms with Gasteiger partial charge in [0.15, 0.2) is 0 Å². The molecule has 0 spiro atoms. The minimum absolute atomic E-state index is 0.647. The van der Waals surface area contributed by atoms with Gasteiger partial charge in [-0.3, -0.25) is 0 Å². The molecule has 34 heavy (non-hydrogen) atoms. The quantitative estimate of drug-likeness (QED) is 0.322. The SMILES string of the molecule is CO.CO.C[SiH](C)[Ti]([CH]1c2ccccc2-c2ccccc21)[CH]1c2ccccc2-c2ccccc21. The zero-order valence-corrected chi connectivity index (χ0v) is 23.1. The molecule has 0 bridgehead atoms. The Kier molecular flexibility index (Phi) is 8.03. The Balaban J connectivity index is 0.000000652. The number of aliphatic hydroxyl groups is 2. The molecule has 2 aliphatic carbocycles. The Labute approximate surface area is 210 Å². The van der Waals surface area contributed by atoms with Crippen LogP contribution in [0.25, 0.3) is 22.3 Å². The van der Waals surface area contributed by atoms with Crippen LogP contribution in [0.2, 0.25) is 13.1 Å². The van der Waals surface area contributed by atoms with Gasteiger partial charge in [-0.1, -0.05) is 0 Å². The molecular weight excluding hydrogens is 468 g/mol. The van der Waals surface area contributed by atoms with Crippen LogP contribution >= 0.6 is 0 Å². The summed E-state index contributed by atoms with van der Waals surface area (Å²) in [4.78, 5) is 0. The molecule has 0 saturated carbocycles. The molecule has 173 valence electrons. The molecule has 0 atom stereocenters. The van der Waals surface area contributed by atoms with Crippen LogP contribution in [0.1, 0.15) is 30.7 Å². The first-order valence-corrected chi connectivity index (χ1v) is 19.3. The monoisotopic (exact) mass is 501 g/mol. The number of rotatable bonds is 3. The van der Waals surface area contributed by atoms with Crippen LogP contribution in [0.4, 0.5) is 0 Å². The molecule has 2 N–H and O–H groups in total. The van der Waals surface area contributed by atoms with Crippen molar-refractivity contribution in [2.75, 3.05) is 14.2 Å². The Morgan fingerprint density at radius 3 is 0.941 bits per heavy atom. The van der Waals surface area contributed by atoms with Gasteiger partial charge in [0.1, 0.15) is 0 Å². The summed E-state index contributed by atoms with van der Waals surface area (Å²) in [5, 5.41) is 14.0. The fraction of sp³-hybridized carbons (Fsp3) is 0.200. The standard InChI is InChI=1S/2C13H9.C2H7Si.2CH4O.Ti/c2*1-3-7-12-10(5-1)9-11-6-2-4-8-13(11)12;1-3-2;2*1-2;/h2*1-9H;3H,1-2H3;2*2H,1H3;. The predicted molar refractivity (Wildman–Crippen MR) is 143 cm³/mol. The maximum atomic E-state index is 7.00. The van der Waals surface area contributed by atoms with E-state index in [1.807, 2.05) is 0 Å². The number of hydrogen-bond acceptors (Lipinski definition) is 2. The van der Waals surface area contributed by atoms with Crippen molar-refractivity contribution in [3.8, 4) is 22.3 Å². The number of aliphatic hydroxyl groups excluding tert-OH is 2. The number of benzene rings is 4. The molecule has 0 aromatic heterocycles. The first kappa shape index (κ1) is 24.8. The van der Waals surface area contributed by atoms with Crippen LogP contribution in [0, 0.1) is 0 Å². The van der Waals surface area contributed by atoms with E-state index in [9.17, 15) is 0 Å². The molecule has 4 aromatic rings. The van der Waals surface area contributed by atoms with Crippen molar-refractivity contribution in [2.45, 2.75) is 21.5 Å². The van der Waals surface area contributed by atoms with E-state index in [0.717, 1.165) is 14.2 Å². The van der Waals surface area contributed by atoms with E-state index in [-0.39, 0.29) is 0 Å². The predicted octanol–water partition coefficient (Wildman–Crippen LogP) is 6.35. The van der Waals surface area contributed by atoms with Gasteiger partial charge >= 0.3 is 187 Å². The van der Waals surface area contributed by atoms with E-state index in [1.54, 1.807) is 22.3 Å². The summed E-state index contributed by atoms with van der Waals surface area (Å²) in [5.41, 5.74) is 12.4.